The first-order valence-corrected chi connectivity index (χ1v) is 11.1. The van der Waals surface area contributed by atoms with Crippen molar-refractivity contribution in [3.05, 3.63) is 23.5 Å². The van der Waals surface area contributed by atoms with E-state index in [0.29, 0.717) is 40.4 Å². The molecule has 6 N–H and O–H groups in total. The highest BCUT2D eigenvalue weighted by atomic mass is 35.5. The number of nitrogens with one attached hydrogen (secondary N) is 2. The highest BCUT2D eigenvalue weighted by molar-refractivity contribution is 6.33. The number of nitrogen functional groups attached to an aromatic ring is 1. The summed E-state index contributed by atoms with van der Waals surface area (Å²) in [6, 6.07) is 2.62. The van der Waals surface area contributed by atoms with Crippen molar-refractivity contribution in [2.75, 3.05) is 36.1 Å². The minimum absolute atomic E-state index is 0.314. The number of hydrogen-bond donors (Lipinski definition) is 4. The van der Waals surface area contributed by atoms with E-state index >= 15 is 0 Å². The average Bonchev–Trinajstić information content (AvgIpc) is 2.77. The molecular weight excluding hydrogens is 402 g/mol. The molecule has 0 unspecified atom stereocenters. The maximum absolute atomic E-state index is 6.44. The summed E-state index contributed by atoms with van der Waals surface area (Å²) in [7, 11) is 0. The number of nitrogens with two attached hydrogens (primary N) is 2. The third-order valence-electron chi connectivity index (χ3n) is 5.95. The van der Waals surface area contributed by atoms with Gasteiger partial charge in [0.25, 0.3) is 0 Å². The van der Waals surface area contributed by atoms with Gasteiger partial charge < -0.3 is 26.8 Å². The largest absolute Gasteiger partial charge is 0.381 e. The van der Waals surface area contributed by atoms with Crippen LogP contribution in [-0.2, 0) is 4.74 Å². The molecule has 2 aromatic rings. The third kappa shape index (κ3) is 5.30. The van der Waals surface area contributed by atoms with E-state index in [4.69, 9.17) is 32.8 Å². The second-order valence-electron chi connectivity index (χ2n) is 8.23. The normalized spacial score (nSPS) is 22.6. The van der Waals surface area contributed by atoms with Gasteiger partial charge in [0.2, 0.25) is 0 Å². The minimum Gasteiger partial charge on any atom is -0.381 e. The van der Waals surface area contributed by atoms with E-state index in [-0.39, 0.29) is 0 Å². The second-order valence-corrected chi connectivity index (χ2v) is 8.64. The molecule has 0 spiro atoms. The van der Waals surface area contributed by atoms with Crippen LogP contribution in [0.1, 0.15) is 38.5 Å². The van der Waals surface area contributed by atoms with Crippen LogP contribution < -0.4 is 22.1 Å². The van der Waals surface area contributed by atoms with E-state index in [0.717, 1.165) is 69.7 Å². The van der Waals surface area contributed by atoms with Gasteiger partial charge in [-0.2, -0.15) is 0 Å². The van der Waals surface area contributed by atoms with Gasteiger partial charge >= 0.3 is 0 Å². The highest BCUT2D eigenvalue weighted by Crippen LogP contribution is 2.30. The van der Waals surface area contributed by atoms with Gasteiger partial charge in [-0.05, 0) is 50.5 Å². The summed E-state index contributed by atoms with van der Waals surface area (Å²) in [4.78, 5) is 13.5. The SMILES string of the molecule is Nc1ncc(-c2cc(NC3CCC(N)CC3)ncc2Cl)nc1NCC1CCOCC1. The van der Waals surface area contributed by atoms with Crippen molar-refractivity contribution in [2.45, 2.75) is 50.6 Å². The number of nitrogens with zero attached hydrogens (tertiary/aromatic N) is 3. The smallest absolute Gasteiger partial charge is 0.169 e. The Hall–Kier alpha value is -2.16. The van der Waals surface area contributed by atoms with Crippen LogP contribution in [0.5, 0.6) is 0 Å². The monoisotopic (exact) mass is 431 g/mol. The fourth-order valence-electron chi connectivity index (χ4n) is 4.04. The molecule has 4 rings (SSSR count). The van der Waals surface area contributed by atoms with Gasteiger partial charge in [-0.15, -0.1) is 0 Å². The molecule has 2 aromatic heterocycles. The van der Waals surface area contributed by atoms with Crippen LogP contribution in [0.15, 0.2) is 18.5 Å². The number of rotatable bonds is 6. The number of anilines is 3. The molecular formula is C21H30ClN7O. The summed E-state index contributed by atoms with van der Waals surface area (Å²) in [5.41, 5.74) is 13.5. The van der Waals surface area contributed by atoms with E-state index in [1.54, 1.807) is 12.4 Å². The number of ether oxygens (including phenoxy) is 1. The van der Waals surface area contributed by atoms with Crippen molar-refractivity contribution in [3.63, 3.8) is 0 Å². The summed E-state index contributed by atoms with van der Waals surface area (Å²) in [6.45, 7) is 2.41. The lowest BCUT2D eigenvalue weighted by atomic mass is 9.92. The summed E-state index contributed by atoms with van der Waals surface area (Å²) in [6.07, 6.45) is 9.54. The predicted molar refractivity (Wildman–Crippen MR) is 121 cm³/mol. The summed E-state index contributed by atoms with van der Waals surface area (Å²) >= 11 is 6.44. The minimum atomic E-state index is 0.314. The zero-order valence-corrected chi connectivity index (χ0v) is 17.9. The first kappa shape index (κ1) is 21.1. The first-order valence-electron chi connectivity index (χ1n) is 10.7. The fourth-order valence-corrected chi connectivity index (χ4v) is 4.24. The highest BCUT2D eigenvalue weighted by Gasteiger charge is 2.20. The Morgan fingerprint density at radius 3 is 2.60 bits per heavy atom. The molecule has 0 bridgehead atoms. The summed E-state index contributed by atoms with van der Waals surface area (Å²) < 4.78 is 5.42. The molecule has 9 heteroatoms. The van der Waals surface area contributed by atoms with Crippen molar-refractivity contribution < 1.29 is 4.74 Å². The van der Waals surface area contributed by atoms with Crippen molar-refractivity contribution in [1.82, 2.24) is 15.0 Å². The van der Waals surface area contributed by atoms with E-state index in [2.05, 4.69) is 20.6 Å². The molecule has 1 aliphatic carbocycles. The Morgan fingerprint density at radius 1 is 1.07 bits per heavy atom. The lowest BCUT2D eigenvalue weighted by molar-refractivity contribution is 0.0699. The van der Waals surface area contributed by atoms with Crippen molar-refractivity contribution in [1.29, 1.82) is 0 Å². The number of aromatic nitrogens is 3. The standard InChI is InChI=1S/C21H30ClN7O/c22-17-11-25-19(28-15-3-1-14(23)2-4-15)9-16(17)18-12-26-20(24)21(29-18)27-10-13-5-7-30-8-6-13/h9,11-15H,1-8,10,23H2,(H2,24,26)(H,25,28)(H,27,29). The molecule has 1 saturated carbocycles. The lowest BCUT2D eigenvalue weighted by Crippen LogP contribution is -2.33. The maximum atomic E-state index is 6.44. The maximum Gasteiger partial charge on any atom is 0.169 e. The lowest BCUT2D eigenvalue weighted by Gasteiger charge is -2.27. The summed E-state index contributed by atoms with van der Waals surface area (Å²) in [5.74, 6) is 2.30. The van der Waals surface area contributed by atoms with Crippen LogP contribution in [0.2, 0.25) is 5.02 Å². The van der Waals surface area contributed by atoms with Crippen LogP contribution in [0, 0.1) is 5.92 Å². The molecule has 8 nitrogen and oxygen atoms in total. The second kappa shape index (κ2) is 9.76. The topological polar surface area (TPSA) is 124 Å². The van der Waals surface area contributed by atoms with Crippen LogP contribution in [0.4, 0.5) is 17.5 Å². The van der Waals surface area contributed by atoms with Crippen LogP contribution in [0.25, 0.3) is 11.3 Å². The molecule has 162 valence electrons. The molecule has 2 fully saturated rings. The molecule has 1 aliphatic heterocycles. The van der Waals surface area contributed by atoms with Gasteiger partial charge in [0.05, 0.1) is 16.9 Å². The van der Waals surface area contributed by atoms with Crippen molar-refractivity contribution in [2.24, 2.45) is 11.7 Å². The third-order valence-corrected chi connectivity index (χ3v) is 6.26. The zero-order chi connectivity index (χ0) is 20.9. The van der Waals surface area contributed by atoms with E-state index in [1.807, 2.05) is 6.07 Å². The van der Waals surface area contributed by atoms with Crippen LogP contribution in [-0.4, -0.2) is 46.8 Å². The number of hydrogen-bond acceptors (Lipinski definition) is 8. The molecule has 1 saturated heterocycles. The Labute approximate surface area is 182 Å². The first-order chi connectivity index (χ1) is 14.6. The quantitative estimate of drug-likeness (QED) is 0.549. The Kier molecular flexibility index (Phi) is 6.86. The molecule has 0 amide bonds. The molecule has 2 aliphatic rings. The molecule has 0 radical (unpaired) electrons. The number of pyridine rings is 1. The van der Waals surface area contributed by atoms with Gasteiger partial charge in [0.15, 0.2) is 11.6 Å². The van der Waals surface area contributed by atoms with Gasteiger partial charge in [0.1, 0.15) is 5.82 Å². The van der Waals surface area contributed by atoms with Crippen molar-refractivity contribution in [3.8, 4) is 11.3 Å². The fraction of sp³-hybridized carbons (Fsp3) is 0.571. The van der Waals surface area contributed by atoms with Gasteiger partial charge in [-0.25, -0.2) is 15.0 Å². The van der Waals surface area contributed by atoms with Gasteiger partial charge in [0, 0.05) is 43.6 Å². The molecule has 30 heavy (non-hydrogen) atoms. The van der Waals surface area contributed by atoms with Gasteiger partial charge in [-0.1, -0.05) is 11.6 Å². The number of halogens is 1. The zero-order valence-electron chi connectivity index (χ0n) is 17.1. The van der Waals surface area contributed by atoms with E-state index in [1.165, 1.54) is 0 Å². The average molecular weight is 432 g/mol. The molecule has 0 atom stereocenters. The Bertz CT molecular complexity index is 851. The molecule has 3 heterocycles. The van der Waals surface area contributed by atoms with Gasteiger partial charge in [-0.3, -0.25) is 0 Å². The van der Waals surface area contributed by atoms with Crippen LogP contribution >= 0.6 is 11.6 Å². The predicted octanol–water partition coefficient (Wildman–Crippen LogP) is 3.29. The molecule has 0 aromatic carbocycles. The van der Waals surface area contributed by atoms with E-state index in [9.17, 15) is 0 Å². The van der Waals surface area contributed by atoms with E-state index < -0.39 is 0 Å². The van der Waals surface area contributed by atoms with Crippen molar-refractivity contribution >= 4 is 29.1 Å². The summed E-state index contributed by atoms with van der Waals surface area (Å²) in [5, 5.41) is 7.39. The Morgan fingerprint density at radius 2 is 1.83 bits per heavy atom. The van der Waals surface area contributed by atoms with Crippen LogP contribution in [0.3, 0.4) is 0 Å². The Balaban J connectivity index is 1.48.